The fourth-order valence-corrected chi connectivity index (χ4v) is 3.30. The molecule has 3 heteroatoms. The molecule has 130 valence electrons. The molecule has 0 bridgehead atoms. The standard InChI is InChI=1S/C21H29NO2/c1-7-24-19(23)14-22-13-15(2)16-8-9-17-18(12-16)21(5,6)11-10-20(17,3)4/h8-9,12-14H,7,10-11H2,1-6H3/b15-13+,22-14?. The molecule has 2 rings (SSSR count). The summed E-state index contributed by atoms with van der Waals surface area (Å²) < 4.78 is 4.84. The first-order valence-corrected chi connectivity index (χ1v) is 8.69. The van der Waals surface area contributed by atoms with Crippen LogP contribution in [-0.4, -0.2) is 18.8 Å². The Balaban J connectivity index is 2.32. The molecule has 1 aliphatic rings. The molecule has 3 nitrogen and oxygen atoms in total. The summed E-state index contributed by atoms with van der Waals surface area (Å²) in [5, 5.41) is 0. The molecule has 1 aromatic rings. The van der Waals surface area contributed by atoms with Crippen LogP contribution in [-0.2, 0) is 20.4 Å². The summed E-state index contributed by atoms with van der Waals surface area (Å²) in [4.78, 5) is 15.4. The lowest BCUT2D eigenvalue weighted by Crippen LogP contribution is -2.33. The molecule has 0 radical (unpaired) electrons. The number of hydrogen-bond acceptors (Lipinski definition) is 3. The minimum atomic E-state index is -0.408. The number of nitrogens with zero attached hydrogens (tertiary/aromatic N) is 1. The van der Waals surface area contributed by atoms with Crippen molar-refractivity contribution in [1.82, 2.24) is 0 Å². The average molecular weight is 327 g/mol. The van der Waals surface area contributed by atoms with E-state index < -0.39 is 5.97 Å². The highest BCUT2D eigenvalue weighted by Gasteiger charge is 2.36. The van der Waals surface area contributed by atoms with Crippen molar-refractivity contribution in [3.05, 3.63) is 41.1 Å². The van der Waals surface area contributed by atoms with Crippen molar-refractivity contribution in [2.75, 3.05) is 6.61 Å². The zero-order valence-corrected chi connectivity index (χ0v) is 15.8. The fourth-order valence-electron chi connectivity index (χ4n) is 3.30. The third-order valence-electron chi connectivity index (χ3n) is 5.04. The van der Waals surface area contributed by atoms with Crippen molar-refractivity contribution in [3.63, 3.8) is 0 Å². The monoisotopic (exact) mass is 327 g/mol. The number of rotatable bonds is 4. The van der Waals surface area contributed by atoms with E-state index in [4.69, 9.17) is 4.74 Å². The Morgan fingerprint density at radius 2 is 1.79 bits per heavy atom. The lowest BCUT2D eigenvalue weighted by molar-refractivity contribution is -0.134. The van der Waals surface area contributed by atoms with Crippen LogP contribution in [0.2, 0.25) is 0 Å². The highest BCUT2D eigenvalue weighted by Crippen LogP contribution is 2.46. The Morgan fingerprint density at radius 3 is 2.42 bits per heavy atom. The van der Waals surface area contributed by atoms with Crippen LogP contribution in [0.4, 0.5) is 0 Å². The van der Waals surface area contributed by atoms with Gasteiger partial charge in [-0.15, -0.1) is 0 Å². The van der Waals surface area contributed by atoms with Gasteiger partial charge in [-0.2, -0.15) is 0 Å². The van der Waals surface area contributed by atoms with Gasteiger partial charge in [0.25, 0.3) is 0 Å². The van der Waals surface area contributed by atoms with Gasteiger partial charge in [0.15, 0.2) is 0 Å². The van der Waals surface area contributed by atoms with Gasteiger partial charge in [-0.1, -0.05) is 45.9 Å². The minimum absolute atomic E-state index is 0.190. The quantitative estimate of drug-likeness (QED) is 0.574. The molecule has 0 aromatic heterocycles. The van der Waals surface area contributed by atoms with Gasteiger partial charge in [0.05, 0.1) is 6.61 Å². The maximum Gasteiger partial charge on any atom is 0.349 e. The van der Waals surface area contributed by atoms with Crippen LogP contribution < -0.4 is 0 Å². The van der Waals surface area contributed by atoms with Gasteiger partial charge in [-0.05, 0) is 59.8 Å². The number of esters is 1. The zero-order valence-electron chi connectivity index (χ0n) is 15.8. The average Bonchev–Trinajstić information content (AvgIpc) is 2.52. The van der Waals surface area contributed by atoms with Gasteiger partial charge in [0.2, 0.25) is 0 Å². The second kappa shape index (κ2) is 6.92. The van der Waals surface area contributed by atoms with Gasteiger partial charge in [-0.25, -0.2) is 4.79 Å². The van der Waals surface area contributed by atoms with Crippen LogP contribution in [0.15, 0.2) is 29.4 Å². The number of ether oxygens (including phenoxy) is 1. The summed E-state index contributed by atoms with van der Waals surface area (Å²) in [5.74, 6) is -0.408. The molecule has 1 aromatic carbocycles. The second-order valence-electron chi connectivity index (χ2n) is 7.87. The fraction of sp³-hybridized carbons (Fsp3) is 0.524. The summed E-state index contributed by atoms with van der Waals surface area (Å²) in [6.07, 6.45) is 5.35. The van der Waals surface area contributed by atoms with E-state index >= 15 is 0 Å². The molecule has 0 unspecified atom stereocenters. The van der Waals surface area contributed by atoms with E-state index in [2.05, 4.69) is 50.9 Å². The van der Waals surface area contributed by atoms with Gasteiger partial charge in [0, 0.05) is 6.20 Å². The van der Waals surface area contributed by atoms with E-state index in [1.807, 2.05) is 6.92 Å². The highest BCUT2D eigenvalue weighted by molar-refractivity contribution is 6.23. The van der Waals surface area contributed by atoms with E-state index in [1.54, 1.807) is 13.1 Å². The number of hydrogen-bond donors (Lipinski definition) is 0. The van der Waals surface area contributed by atoms with Crippen LogP contribution in [0, 0.1) is 0 Å². The molecular weight excluding hydrogens is 298 g/mol. The molecule has 0 N–H and O–H groups in total. The van der Waals surface area contributed by atoms with Crippen LogP contribution in [0.25, 0.3) is 5.57 Å². The Labute approximate surface area is 145 Å². The molecule has 0 fully saturated rings. The number of benzene rings is 1. The maximum atomic E-state index is 11.3. The smallest absolute Gasteiger partial charge is 0.349 e. The first kappa shape index (κ1) is 18.4. The molecule has 0 saturated heterocycles. The van der Waals surface area contributed by atoms with Crippen molar-refractivity contribution < 1.29 is 9.53 Å². The normalized spacial score (nSPS) is 19.2. The van der Waals surface area contributed by atoms with Crippen molar-refractivity contribution in [3.8, 4) is 0 Å². The van der Waals surface area contributed by atoms with Crippen LogP contribution >= 0.6 is 0 Å². The lowest BCUT2D eigenvalue weighted by Gasteiger charge is -2.42. The zero-order chi connectivity index (χ0) is 18.0. The minimum Gasteiger partial charge on any atom is -0.462 e. The van der Waals surface area contributed by atoms with E-state index in [0.717, 1.165) is 11.1 Å². The van der Waals surface area contributed by atoms with Crippen molar-refractivity contribution in [2.45, 2.75) is 65.2 Å². The topological polar surface area (TPSA) is 38.7 Å². The maximum absolute atomic E-state index is 11.3. The van der Waals surface area contributed by atoms with Crippen LogP contribution in [0.3, 0.4) is 0 Å². The van der Waals surface area contributed by atoms with E-state index in [9.17, 15) is 4.79 Å². The number of carbonyl (C=O) groups excluding carboxylic acids is 1. The van der Waals surface area contributed by atoms with Crippen LogP contribution in [0.1, 0.15) is 71.1 Å². The largest absolute Gasteiger partial charge is 0.462 e. The molecule has 0 aliphatic heterocycles. The molecule has 1 aliphatic carbocycles. The van der Waals surface area contributed by atoms with Crippen LogP contribution in [0.5, 0.6) is 0 Å². The Morgan fingerprint density at radius 1 is 1.17 bits per heavy atom. The lowest BCUT2D eigenvalue weighted by atomic mass is 9.63. The second-order valence-corrected chi connectivity index (χ2v) is 7.87. The highest BCUT2D eigenvalue weighted by atomic mass is 16.5. The third-order valence-corrected chi connectivity index (χ3v) is 5.04. The Bertz CT molecular complexity index is 681. The predicted molar refractivity (Wildman–Crippen MR) is 101 cm³/mol. The molecule has 24 heavy (non-hydrogen) atoms. The van der Waals surface area contributed by atoms with Gasteiger partial charge in [-0.3, -0.25) is 4.99 Å². The Kier molecular flexibility index (Phi) is 5.32. The van der Waals surface area contributed by atoms with Crippen molar-refractivity contribution in [2.24, 2.45) is 4.99 Å². The number of aliphatic imine (C=N–C) groups is 1. The van der Waals surface area contributed by atoms with E-state index in [1.165, 1.54) is 30.2 Å². The number of fused-ring (bicyclic) bond motifs is 1. The molecule has 0 saturated carbocycles. The van der Waals surface area contributed by atoms with Gasteiger partial charge >= 0.3 is 5.97 Å². The number of allylic oxidation sites excluding steroid dienone is 1. The first-order chi connectivity index (χ1) is 11.2. The third kappa shape index (κ3) is 3.95. The molecule has 0 spiro atoms. The summed E-state index contributed by atoms with van der Waals surface area (Å²) in [5.41, 5.74) is 5.49. The van der Waals surface area contributed by atoms with Gasteiger partial charge < -0.3 is 4.74 Å². The van der Waals surface area contributed by atoms with E-state index in [-0.39, 0.29) is 10.8 Å². The molecule has 0 heterocycles. The first-order valence-electron chi connectivity index (χ1n) is 8.69. The molecule has 0 atom stereocenters. The van der Waals surface area contributed by atoms with Gasteiger partial charge in [0.1, 0.15) is 6.21 Å². The summed E-state index contributed by atoms with van der Waals surface area (Å²) in [6.45, 7) is 13.5. The van der Waals surface area contributed by atoms with Crippen molar-refractivity contribution in [1.29, 1.82) is 0 Å². The molecule has 0 amide bonds. The Hall–Kier alpha value is -1.90. The summed E-state index contributed by atoms with van der Waals surface area (Å²) in [6, 6.07) is 6.72. The number of carbonyl (C=O) groups is 1. The van der Waals surface area contributed by atoms with Crippen molar-refractivity contribution >= 4 is 17.8 Å². The molecular formula is C21H29NO2. The summed E-state index contributed by atoms with van der Waals surface area (Å²) in [7, 11) is 0. The SMILES string of the molecule is CCOC(=O)C=N/C=C(\C)c1ccc2c(c1)C(C)(C)CCC2(C)C. The summed E-state index contributed by atoms with van der Waals surface area (Å²) >= 11 is 0. The predicted octanol–water partition coefficient (Wildman–Crippen LogP) is 5.03. The van der Waals surface area contributed by atoms with E-state index in [0.29, 0.717) is 6.61 Å².